The lowest BCUT2D eigenvalue weighted by Crippen LogP contribution is -2.35. The fourth-order valence-electron chi connectivity index (χ4n) is 1.79. The number of benzene rings is 1. The molecular formula is C14H13ClO2. The van der Waals surface area contributed by atoms with Crippen molar-refractivity contribution in [2.75, 3.05) is 0 Å². The first kappa shape index (κ1) is 12.1. The second-order valence-corrected chi connectivity index (χ2v) is 4.71. The summed E-state index contributed by atoms with van der Waals surface area (Å²) in [7, 11) is 0. The summed E-state index contributed by atoms with van der Waals surface area (Å²) in [5.74, 6) is -0.383. The van der Waals surface area contributed by atoms with E-state index < -0.39 is 11.0 Å². The molecule has 1 N–H and O–H groups in total. The minimum Gasteiger partial charge on any atom is -0.380 e. The molecule has 2 unspecified atom stereocenters. The maximum Gasteiger partial charge on any atom is 0.190 e. The number of alkyl halides is 1. The highest BCUT2D eigenvalue weighted by atomic mass is 35.5. The Morgan fingerprint density at radius 2 is 2.00 bits per heavy atom. The Morgan fingerprint density at radius 3 is 2.59 bits per heavy atom. The molecule has 2 nitrogen and oxygen atoms in total. The van der Waals surface area contributed by atoms with E-state index in [1.54, 1.807) is 36.4 Å². The maximum absolute atomic E-state index is 12.2. The molecule has 3 heteroatoms. The molecule has 1 aliphatic carbocycles. The van der Waals surface area contributed by atoms with Gasteiger partial charge in [0.25, 0.3) is 0 Å². The fourth-order valence-corrected chi connectivity index (χ4v) is 2.06. The zero-order valence-electron chi connectivity index (χ0n) is 9.21. The quantitative estimate of drug-likeness (QED) is 0.836. The number of hydrogen-bond donors (Lipinski definition) is 1. The second-order valence-electron chi connectivity index (χ2n) is 4.03. The summed E-state index contributed by atoms with van der Waals surface area (Å²) >= 11 is 6.22. The fraction of sp³-hybridized carbons (Fsp3) is 0.214. The van der Waals surface area contributed by atoms with Crippen LogP contribution in [0.25, 0.3) is 0 Å². The van der Waals surface area contributed by atoms with E-state index in [0.29, 0.717) is 12.0 Å². The molecule has 2 rings (SSSR count). The predicted octanol–water partition coefficient (Wildman–Crippen LogP) is 2.78. The van der Waals surface area contributed by atoms with Gasteiger partial charge in [-0.1, -0.05) is 54.6 Å². The molecule has 0 aromatic heterocycles. The average molecular weight is 249 g/mol. The highest BCUT2D eigenvalue weighted by molar-refractivity contribution is 6.37. The van der Waals surface area contributed by atoms with E-state index in [9.17, 15) is 9.90 Å². The van der Waals surface area contributed by atoms with E-state index in [4.69, 9.17) is 11.6 Å². The molecule has 0 amide bonds. The lowest BCUT2D eigenvalue weighted by Gasteiger charge is -2.25. The summed E-state index contributed by atoms with van der Waals surface area (Å²) < 4.78 is 0. The lowest BCUT2D eigenvalue weighted by molar-refractivity contribution is -0.128. The van der Waals surface area contributed by atoms with Crippen molar-refractivity contribution in [2.45, 2.75) is 17.4 Å². The molecule has 1 aliphatic rings. The van der Waals surface area contributed by atoms with Crippen LogP contribution in [0.3, 0.4) is 0 Å². The summed E-state index contributed by atoms with van der Waals surface area (Å²) in [4.78, 5) is 11.0. The average Bonchev–Trinajstić information content (AvgIpc) is 2.39. The van der Waals surface area contributed by atoms with E-state index in [-0.39, 0.29) is 5.78 Å². The smallest absolute Gasteiger partial charge is 0.190 e. The van der Waals surface area contributed by atoms with Crippen LogP contribution in [-0.2, 0) is 4.79 Å². The van der Waals surface area contributed by atoms with Gasteiger partial charge >= 0.3 is 0 Å². The summed E-state index contributed by atoms with van der Waals surface area (Å²) in [6, 6.07) is 8.82. The molecule has 17 heavy (non-hydrogen) atoms. The molecule has 0 bridgehead atoms. The highest BCUT2D eigenvalue weighted by Crippen LogP contribution is 2.32. The van der Waals surface area contributed by atoms with Gasteiger partial charge in [-0.25, -0.2) is 0 Å². The van der Waals surface area contributed by atoms with Gasteiger partial charge in [-0.05, 0) is 12.0 Å². The van der Waals surface area contributed by atoms with Crippen molar-refractivity contribution < 1.29 is 9.90 Å². The summed E-state index contributed by atoms with van der Waals surface area (Å²) in [6.45, 7) is 0. The van der Waals surface area contributed by atoms with Crippen molar-refractivity contribution in [3.8, 4) is 0 Å². The second kappa shape index (κ2) is 4.86. The van der Waals surface area contributed by atoms with Crippen molar-refractivity contribution in [3.05, 3.63) is 60.2 Å². The zero-order valence-corrected chi connectivity index (χ0v) is 9.97. The minimum absolute atomic E-state index is 0.383. The first-order valence-electron chi connectivity index (χ1n) is 5.44. The molecule has 0 radical (unpaired) electrons. The third-order valence-corrected chi connectivity index (χ3v) is 3.26. The first-order chi connectivity index (χ1) is 8.13. The number of aliphatic hydroxyl groups is 1. The Balaban J connectivity index is 2.21. The van der Waals surface area contributed by atoms with Gasteiger partial charge in [-0.15, -0.1) is 11.6 Å². The van der Waals surface area contributed by atoms with Gasteiger partial charge < -0.3 is 5.11 Å². The summed E-state index contributed by atoms with van der Waals surface area (Å²) in [5.41, 5.74) is 0.570. The normalized spacial score (nSPS) is 24.6. The lowest BCUT2D eigenvalue weighted by atomic mass is 9.89. The van der Waals surface area contributed by atoms with Crippen molar-refractivity contribution in [1.29, 1.82) is 0 Å². The molecule has 0 saturated carbocycles. The van der Waals surface area contributed by atoms with Gasteiger partial charge in [0.1, 0.15) is 11.0 Å². The molecule has 0 fully saturated rings. The van der Waals surface area contributed by atoms with Gasteiger partial charge in [0.05, 0.1) is 0 Å². The Kier molecular flexibility index (Phi) is 3.46. The third-order valence-electron chi connectivity index (χ3n) is 2.80. The summed E-state index contributed by atoms with van der Waals surface area (Å²) in [6.07, 6.45) is 6.25. The van der Waals surface area contributed by atoms with Crippen molar-refractivity contribution >= 4 is 17.4 Å². The predicted molar refractivity (Wildman–Crippen MR) is 67.9 cm³/mol. The standard InChI is InChI=1S/C14H13ClO2/c15-14(9-5-2-6-10-14)13(17)12(16)11-7-3-1-4-8-11/h1-9,12,16H,10H2. The van der Waals surface area contributed by atoms with Crippen LogP contribution in [0.4, 0.5) is 0 Å². The van der Waals surface area contributed by atoms with E-state index in [1.807, 2.05) is 18.2 Å². The number of hydrogen-bond acceptors (Lipinski definition) is 2. The molecule has 0 aliphatic heterocycles. The van der Waals surface area contributed by atoms with Crippen LogP contribution >= 0.6 is 11.6 Å². The third kappa shape index (κ3) is 2.48. The van der Waals surface area contributed by atoms with Crippen LogP contribution in [0.2, 0.25) is 0 Å². The molecule has 1 aromatic rings. The first-order valence-corrected chi connectivity index (χ1v) is 5.82. The Bertz CT molecular complexity index is 464. The van der Waals surface area contributed by atoms with Gasteiger partial charge in [0.15, 0.2) is 5.78 Å². The number of carbonyl (C=O) groups excluding carboxylic acids is 1. The van der Waals surface area contributed by atoms with Crippen LogP contribution in [0.5, 0.6) is 0 Å². The topological polar surface area (TPSA) is 37.3 Å². The van der Waals surface area contributed by atoms with Crippen LogP contribution in [0.1, 0.15) is 18.1 Å². The summed E-state index contributed by atoms with van der Waals surface area (Å²) in [5, 5.41) is 10.0. The Hall–Kier alpha value is -1.38. The van der Waals surface area contributed by atoms with E-state index >= 15 is 0 Å². The van der Waals surface area contributed by atoms with Gasteiger partial charge in [0, 0.05) is 0 Å². The van der Waals surface area contributed by atoms with Crippen LogP contribution in [0, 0.1) is 0 Å². The number of aliphatic hydroxyl groups excluding tert-OH is 1. The number of Topliss-reactive ketones (excluding diaryl/α,β-unsaturated/α-hetero) is 1. The number of carbonyl (C=O) groups is 1. The monoisotopic (exact) mass is 248 g/mol. The molecule has 1 aromatic carbocycles. The van der Waals surface area contributed by atoms with E-state index in [2.05, 4.69) is 0 Å². The van der Waals surface area contributed by atoms with Crippen molar-refractivity contribution in [3.63, 3.8) is 0 Å². The van der Waals surface area contributed by atoms with Crippen molar-refractivity contribution in [1.82, 2.24) is 0 Å². The molecule has 2 atom stereocenters. The van der Waals surface area contributed by atoms with E-state index in [1.165, 1.54) is 0 Å². The molecule has 88 valence electrons. The number of allylic oxidation sites excluding steroid dienone is 4. The minimum atomic E-state index is -1.18. The zero-order chi connectivity index (χ0) is 12.3. The van der Waals surface area contributed by atoms with Crippen LogP contribution in [0.15, 0.2) is 54.6 Å². The Labute approximate surface area is 105 Å². The SMILES string of the molecule is O=C(C(O)c1ccccc1)C1(Cl)C=CC=CC1. The molecule has 0 saturated heterocycles. The number of rotatable bonds is 3. The van der Waals surface area contributed by atoms with E-state index in [0.717, 1.165) is 0 Å². The van der Waals surface area contributed by atoms with Crippen LogP contribution < -0.4 is 0 Å². The molecule has 0 heterocycles. The Morgan fingerprint density at radius 1 is 1.29 bits per heavy atom. The number of ketones is 1. The van der Waals surface area contributed by atoms with Gasteiger partial charge in [-0.2, -0.15) is 0 Å². The van der Waals surface area contributed by atoms with Crippen LogP contribution in [-0.4, -0.2) is 15.8 Å². The molecule has 0 spiro atoms. The largest absolute Gasteiger partial charge is 0.380 e. The van der Waals surface area contributed by atoms with Crippen molar-refractivity contribution in [2.24, 2.45) is 0 Å². The number of halogens is 1. The van der Waals surface area contributed by atoms with Gasteiger partial charge in [-0.3, -0.25) is 4.79 Å². The highest BCUT2D eigenvalue weighted by Gasteiger charge is 2.37. The maximum atomic E-state index is 12.2. The van der Waals surface area contributed by atoms with Gasteiger partial charge in [0.2, 0.25) is 0 Å². The molecular weight excluding hydrogens is 236 g/mol.